The van der Waals surface area contributed by atoms with Gasteiger partial charge in [-0.1, -0.05) is 20.8 Å². The summed E-state index contributed by atoms with van der Waals surface area (Å²) in [6, 6.07) is 0. The lowest BCUT2D eigenvalue weighted by molar-refractivity contribution is -0.487. The molecule has 0 N–H and O–H groups in total. The molecule has 2 saturated heterocycles. The Labute approximate surface area is 113 Å². The molecule has 4 heteroatoms. The van der Waals surface area contributed by atoms with Gasteiger partial charge in [0, 0.05) is 5.41 Å². The molecule has 5 aliphatic rings. The van der Waals surface area contributed by atoms with Crippen molar-refractivity contribution >= 4 is 5.97 Å². The molecule has 4 nitrogen and oxygen atoms in total. The highest BCUT2D eigenvalue weighted by Gasteiger charge is 2.79. The van der Waals surface area contributed by atoms with Crippen LogP contribution < -0.4 is 0 Å². The zero-order valence-electron chi connectivity index (χ0n) is 11.9. The van der Waals surface area contributed by atoms with Crippen molar-refractivity contribution in [3.8, 4) is 0 Å². The molecule has 0 radical (unpaired) electrons. The second kappa shape index (κ2) is 2.91. The van der Waals surface area contributed by atoms with E-state index in [2.05, 4.69) is 26.8 Å². The van der Waals surface area contributed by atoms with Gasteiger partial charge in [-0.3, -0.25) is 4.79 Å². The summed E-state index contributed by atoms with van der Waals surface area (Å²) in [6.45, 7) is 8.43. The van der Waals surface area contributed by atoms with Crippen LogP contribution in [-0.2, 0) is 19.3 Å². The van der Waals surface area contributed by atoms with Gasteiger partial charge < -0.3 is 4.74 Å². The fraction of sp³-hybridized carbons (Fsp3) is 0.800. The molecule has 2 aliphatic carbocycles. The first-order valence-corrected chi connectivity index (χ1v) is 7.05. The minimum atomic E-state index is -0.699. The van der Waals surface area contributed by atoms with Crippen LogP contribution >= 0.6 is 0 Å². The predicted octanol–water partition coefficient (Wildman–Crippen LogP) is 2.38. The van der Waals surface area contributed by atoms with Crippen LogP contribution in [0.15, 0.2) is 12.2 Å². The highest BCUT2D eigenvalue weighted by Crippen LogP contribution is 2.70. The number of rotatable bonds is 0. The Hall–Kier alpha value is -0.870. The third kappa shape index (κ3) is 0.984. The van der Waals surface area contributed by atoms with Gasteiger partial charge in [0.15, 0.2) is 0 Å². The Morgan fingerprint density at radius 2 is 1.89 bits per heavy atom. The van der Waals surface area contributed by atoms with Crippen LogP contribution in [0.2, 0.25) is 0 Å². The molecule has 3 aliphatic heterocycles. The van der Waals surface area contributed by atoms with Gasteiger partial charge in [-0.05, 0) is 31.9 Å². The van der Waals surface area contributed by atoms with Crippen LogP contribution in [0.1, 0.15) is 40.5 Å². The minimum Gasteiger partial charge on any atom is -0.461 e. The predicted molar refractivity (Wildman–Crippen MR) is 66.9 cm³/mol. The molecule has 3 fully saturated rings. The smallest absolute Gasteiger partial charge is 0.313 e. The Morgan fingerprint density at radius 1 is 1.16 bits per heavy atom. The maximum Gasteiger partial charge on any atom is 0.313 e. The molecule has 5 atom stereocenters. The largest absolute Gasteiger partial charge is 0.461 e. The summed E-state index contributed by atoms with van der Waals surface area (Å²) in [6.07, 6.45) is 5.92. The van der Waals surface area contributed by atoms with E-state index in [-0.39, 0.29) is 28.8 Å². The molecule has 1 saturated carbocycles. The van der Waals surface area contributed by atoms with E-state index in [1.54, 1.807) is 0 Å². The van der Waals surface area contributed by atoms with Crippen molar-refractivity contribution in [2.75, 3.05) is 0 Å². The molecule has 1 spiro atoms. The minimum absolute atomic E-state index is 0.0637. The normalized spacial score (nSPS) is 56.9. The van der Waals surface area contributed by atoms with E-state index < -0.39 is 11.2 Å². The van der Waals surface area contributed by atoms with Crippen molar-refractivity contribution in [1.29, 1.82) is 0 Å². The van der Waals surface area contributed by atoms with Crippen LogP contribution in [0.5, 0.6) is 0 Å². The molecule has 1 unspecified atom stereocenters. The topological polar surface area (TPSA) is 44.8 Å². The van der Waals surface area contributed by atoms with Gasteiger partial charge in [-0.25, -0.2) is 9.78 Å². The number of carbonyl (C=O) groups is 1. The lowest BCUT2D eigenvalue weighted by atomic mass is 9.45. The third-order valence-corrected chi connectivity index (χ3v) is 6.17. The number of fused-ring (bicyclic) bond motifs is 1. The van der Waals surface area contributed by atoms with Gasteiger partial charge in [0.2, 0.25) is 0 Å². The average molecular weight is 264 g/mol. The molecular weight excluding hydrogens is 244 g/mol. The SMILES string of the molecule is CC1(C)CC[C@@H]2OC(=O)C3[C@]2(C)[C@@]12C=C[C@]3(C)OO2. The maximum atomic E-state index is 12.4. The van der Waals surface area contributed by atoms with E-state index in [0.29, 0.717) is 0 Å². The van der Waals surface area contributed by atoms with E-state index in [9.17, 15) is 4.79 Å². The summed E-state index contributed by atoms with van der Waals surface area (Å²) >= 11 is 0. The monoisotopic (exact) mass is 264 g/mol. The van der Waals surface area contributed by atoms with Crippen LogP contribution in [-0.4, -0.2) is 23.3 Å². The molecule has 104 valence electrons. The fourth-order valence-corrected chi connectivity index (χ4v) is 5.06. The summed E-state index contributed by atoms with van der Waals surface area (Å²) in [4.78, 5) is 23.9. The van der Waals surface area contributed by atoms with Crippen molar-refractivity contribution in [2.24, 2.45) is 16.7 Å². The maximum absolute atomic E-state index is 12.4. The summed E-state index contributed by atoms with van der Waals surface area (Å²) < 4.78 is 5.68. The molecule has 3 heterocycles. The van der Waals surface area contributed by atoms with E-state index in [1.807, 2.05) is 13.0 Å². The summed E-state index contributed by atoms with van der Waals surface area (Å²) in [5.74, 6) is -0.409. The van der Waals surface area contributed by atoms with Crippen molar-refractivity contribution in [3.63, 3.8) is 0 Å². The van der Waals surface area contributed by atoms with Gasteiger partial charge in [-0.2, -0.15) is 0 Å². The molecule has 0 aromatic rings. The highest BCUT2D eigenvalue weighted by atomic mass is 17.2. The molecule has 2 bridgehead atoms. The van der Waals surface area contributed by atoms with E-state index >= 15 is 0 Å². The first-order valence-electron chi connectivity index (χ1n) is 7.05. The number of hydrogen-bond donors (Lipinski definition) is 0. The van der Waals surface area contributed by atoms with Crippen LogP contribution in [0, 0.1) is 16.7 Å². The van der Waals surface area contributed by atoms with Gasteiger partial charge in [0.05, 0.1) is 5.41 Å². The highest BCUT2D eigenvalue weighted by molar-refractivity contribution is 5.80. The van der Waals surface area contributed by atoms with Crippen LogP contribution in [0.25, 0.3) is 0 Å². The summed E-state index contributed by atoms with van der Waals surface area (Å²) in [5, 5.41) is 0. The quantitative estimate of drug-likeness (QED) is 0.383. The Balaban J connectivity index is 2.02. The lowest BCUT2D eigenvalue weighted by Crippen LogP contribution is -2.74. The van der Waals surface area contributed by atoms with Gasteiger partial charge >= 0.3 is 5.97 Å². The van der Waals surface area contributed by atoms with Crippen LogP contribution in [0.3, 0.4) is 0 Å². The molecule has 5 rings (SSSR count). The molecule has 0 amide bonds. The van der Waals surface area contributed by atoms with Crippen molar-refractivity contribution < 1.29 is 19.3 Å². The van der Waals surface area contributed by atoms with Crippen molar-refractivity contribution in [1.82, 2.24) is 0 Å². The first kappa shape index (κ1) is 11.9. The van der Waals surface area contributed by atoms with Gasteiger partial charge in [-0.15, -0.1) is 0 Å². The number of hydrogen-bond acceptors (Lipinski definition) is 4. The average Bonchev–Trinajstić information content (AvgIpc) is 2.60. The molecular formula is C15H20O4. The standard InChI is InChI=1S/C15H20O4/c1-12(2)6-5-9-14(4)10(11(16)17-9)13(3)7-8-15(12,14)19-18-13/h7-10H,5-6H2,1-4H3/t9-,10?,13-,14+,15+/m0/s1. The van der Waals surface area contributed by atoms with E-state index in [1.165, 1.54) is 0 Å². The lowest BCUT2D eigenvalue weighted by Gasteiger charge is -2.65. The third-order valence-electron chi connectivity index (χ3n) is 6.17. The van der Waals surface area contributed by atoms with Crippen molar-refractivity contribution in [3.05, 3.63) is 12.2 Å². The Bertz CT molecular complexity index is 510. The number of carbonyl (C=O) groups excluding carboxylic acids is 1. The Kier molecular flexibility index (Phi) is 1.83. The van der Waals surface area contributed by atoms with E-state index in [4.69, 9.17) is 14.5 Å². The van der Waals surface area contributed by atoms with Gasteiger partial charge in [0.1, 0.15) is 23.2 Å². The van der Waals surface area contributed by atoms with Crippen molar-refractivity contribution in [2.45, 2.75) is 57.8 Å². The van der Waals surface area contributed by atoms with Gasteiger partial charge in [0.25, 0.3) is 0 Å². The summed E-state index contributed by atoms with van der Waals surface area (Å²) in [7, 11) is 0. The Morgan fingerprint density at radius 3 is 2.53 bits per heavy atom. The first-order chi connectivity index (χ1) is 8.77. The zero-order chi connectivity index (χ0) is 13.7. The molecule has 19 heavy (non-hydrogen) atoms. The van der Waals surface area contributed by atoms with E-state index in [0.717, 1.165) is 12.8 Å². The van der Waals surface area contributed by atoms with Crippen LogP contribution in [0.4, 0.5) is 0 Å². The molecule has 0 aromatic heterocycles. The number of ether oxygens (including phenoxy) is 1. The summed E-state index contributed by atoms with van der Waals surface area (Å²) in [5.41, 5.74) is -1.69. The second-order valence-corrected chi connectivity index (χ2v) is 7.48. The fourth-order valence-electron chi connectivity index (χ4n) is 5.06. The second-order valence-electron chi connectivity index (χ2n) is 7.48. The number of esters is 1. The zero-order valence-corrected chi connectivity index (χ0v) is 11.9. The molecule has 0 aromatic carbocycles.